The van der Waals surface area contributed by atoms with Gasteiger partial charge >= 0.3 is 5.51 Å². The lowest BCUT2D eigenvalue weighted by Gasteiger charge is -2.31. The van der Waals surface area contributed by atoms with Gasteiger partial charge in [-0.2, -0.15) is 13.2 Å². The first-order valence-corrected chi connectivity index (χ1v) is 15.8. The molecule has 3 aliphatic rings. The van der Waals surface area contributed by atoms with Gasteiger partial charge in [-0.3, -0.25) is 9.59 Å². The minimum absolute atomic E-state index is 0.00598. The third-order valence-corrected chi connectivity index (χ3v) is 10.5. The zero-order valence-corrected chi connectivity index (χ0v) is 24.6. The number of fused-ring (bicyclic) bond motifs is 2. The van der Waals surface area contributed by atoms with Crippen LogP contribution in [-0.2, 0) is 14.6 Å². The highest BCUT2D eigenvalue weighted by Gasteiger charge is 2.52. The first kappa shape index (κ1) is 31.1. The van der Waals surface area contributed by atoms with Crippen molar-refractivity contribution in [3.63, 3.8) is 0 Å². The number of benzene rings is 2. The van der Waals surface area contributed by atoms with Crippen LogP contribution in [0.5, 0.6) is 11.5 Å². The van der Waals surface area contributed by atoms with Crippen molar-refractivity contribution in [2.75, 3.05) is 12.4 Å². The molecular formula is C30H34F4N2O6S. The van der Waals surface area contributed by atoms with E-state index >= 15 is 0 Å². The molecule has 3 saturated carbocycles. The number of hydrogen-bond acceptors (Lipinski definition) is 6. The molecule has 0 saturated heterocycles. The maximum absolute atomic E-state index is 14.9. The van der Waals surface area contributed by atoms with Crippen molar-refractivity contribution in [3.05, 3.63) is 47.8 Å². The van der Waals surface area contributed by atoms with Gasteiger partial charge in [-0.15, -0.1) is 0 Å². The Kier molecular flexibility index (Phi) is 8.65. The number of ether oxygens (including phenoxy) is 2. The number of amides is 2. The van der Waals surface area contributed by atoms with E-state index in [0.29, 0.717) is 12.3 Å². The van der Waals surface area contributed by atoms with Crippen LogP contribution < -0.4 is 20.1 Å². The number of carbonyl (C=O) groups excluding carboxylic acids is 2. The van der Waals surface area contributed by atoms with Gasteiger partial charge in [-0.25, -0.2) is 12.8 Å². The van der Waals surface area contributed by atoms with Crippen molar-refractivity contribution >= 4 is 27.3 Å². The molecule has 4 atom stereocenters. The number of anilines is 1. The minimum Gasteiger partial charge on any atom is -0.496 e. The minimum atomic E-state index is -5.60. The van der Waals surface area contributed by atoms with Crippen molar-refractivity contribution in [1.29, 1.82) is 0 Å². The Morgan fingerprint density at radius 3 is 2.33 bits per heavy atom. The van der Waals surface area contributed by atoms with E-state index in [1.165, 1.54) is 19.2 Å². The van der Waals surface area contributed by atoms with Crippen molar-refractivity contribution in [1.82, 2.24) is 5.32 Å². The summed E-state index contributed by atoms with van der Waals surface area (Å²) in [5, 5.41) is 5.47. The summed E-state index contributed by atoms with van der Waals surface area (Å²) < 4.78 is 89.0. The Hall–Kier alpha value is -3.35. The molecule has 5 rings (SSSR count). The lowest BCUT2D eigenvalue weighted by molar-refractivity contribution is -0.122. The maximum atomic E-state index is 14.9. The molecule has 0 aliphatic heterocycles. The largest absolute Gasteiger partial charge is 0.501 e. The Morgan fingerprint density at radius 1 is 0.953 bits per heavy atom. The molecule has 2 N–H and O–H groups in total. The molecule has 2 aromatic rings. The summed E-state index contributed by atoms with van der Waals surface area (Å²) in [4.78, 5) is 26.0. The smallest absolute Gasteiger partial charge is 0.496 e. The van der Waals surface area contributed by atoms with Crippen LogP contribution in [0.2, 0.25) is 0 Å². The lowest BCUT2D eigenvalue weighted by atomic mass is 9.83. The number of rotatable bonds is 8. The molecule has 234 valence electrons. The molecule has 13 heteroatoms. The molecular weight excluding hydrogens is 592 g/mol. The summed E-state index contributed by atoms with van der Waals surface area (Å²) in [6.45, 7) is 2.16. The molecule has 2 amide bonds. The Bertz CT molecular complexity index is 1490. The van der Waals surface area contributed by atoms with Gasteiger partial charge in [-0.05, 0) is 87.0 Å². The van der Waals surface area contributed by atoms with E-state index in [-0.39, 0.29) is 40.7 Å². The monoisotopic (exact) mass is 626 g/mol. The molecule has 0 radical (unpaired) electrons. The fourth-order valence-corrected chi connectivity index (χ4v) is 7.51. The van der Waals surface area contributed by atoms with E-state index in [9.17, 15) is 35.6 Å². The highest BCUT2D eigenvalue weighted by molar-refractivity contribution is 7.92. The Balaban J connectivity index is 1.34. The van der Waals surface area contributed by atoms with Gasteiger partial charge in [0.05, 0.1) is 29.6 Å². The fraction of sp³-hybridized carbons (Fsp3) is 0.533. The predicted octanol–water partition coefficient (Wildman–Crippen LogP) is 5.87. The second kappa shape index (κ2) is 12.0. The van der Waals surface area contributed by atoms with E-state index in [2.05, 4.69) is 17.6 Å². The number of nitrogens with one attached hydrogen (secondary N) is 2. The van der Waals surface area contributed by atoms with Gasteiger partial charge in [0.25, 0.3) is 15.7 Å². The van der Waals surface area contributed by atoms with Crippen LogP contribution in [0.25, 0.3) is 0 Å². The zero-order chi connectivity index (χ0) is 31.1. The fourth-order valence-electron chi connectivity index (χ4n) is 6.70. The summed E-state index contributed by atoms with van der Waals surface area (Å²) in [7, 11) is -4.29. The summed E-state index contributed by atoms with van der Waals surface area (Å²) >= 11 is 0. The average Bonchev–Trinajstić information content (AvgIpc) is 3.56. The van der Waals surface area contributed by atoms with Crippen molar-refractivity contribution in [2.24, 2.45) is 23.7 Å². The van der Waals surface area contributed by atoms with Crippen LogP contribution in [0, 0.1) is 29.5 Å². The lowest BCUT2D eigenvalue weighted by Crippen LogP contribution is -2.48. The van der Waals surface area contributed by atoms with Gasteiger partial charge in [0.2, 0.25) is 5.91 Å². The van der Waals surface area contributed by atoms with Gasteiger partial charge < -0.3 is 20.1 Å². The van der Waals surface area contributed by atoms with E-state index in [1.54, 1.807) is 0 Å². The number of hydrogen-bond donors (Lipinski definition) is 2. The van der Waals surface area contributed by atoms with Crippen LogP contribution in [0.15, 0.2) is 41.3 Å². The van der Waals surface area contributed by atoms with Crippen LogP contribution in [0.4, 0.5) is 23.2 Å². The molecule has 3 fully saturated rings. The normalized spacial score (nSPS) is 27.0. The molecule has 8 nitrogen and oxygen atoms in total. The number of carbonyl (C=O) groups is 2. The van der Waals surface area contributed by atoms with E-state index < -0.39 is 49.8 Å². The predicted molar refractivity (Wildman–Crippen MR) is 149 cm³/mol. The standard InChI is InChI=1S/C30H34F4N2O6S/c1-16-6-10-20(11-7-16)42-25-14-22(24(41-2)15-23(25)31)28(37)36-27-18-9-8-17(12-18)26(27)29(38)35-19-4-3-5-21(13-19)43(39,40)30(32,33)34/h3-5,13-18,20,26-27H,6-12H2,1-2H3,(H,35,38)(H,36,37)/t16-,17-,18+,20+,26+,27-/m1/s1. The quantitative estimate of drug-likeness (QED) is 0.355. The second-order valence-corrected chi connectivity index (χ2v) is 13.7. The van der Waals surface area contributed by atoms with Gasteiger partial charge in [0.15, 0.2) is 11.6 Å². The number of methoxy groups -OCH3 is 1. The molecule has 43 heavy (non-hydrogen) atoms. The molecule has 0 aromatic heterocycles. The summed E-state index contributed by atoms with van der Waals surface area (Å²) in [6, 6.07) is 5.79. The van der Waals surface area contributed by atoms with Crippen molar-refractivity contribution in [2.45, 2.75) is 74.4 Å². The molecule has 0 heterocycles. The Labute approximate surface area is 247 Å². The maximum Gasteiger partial charge on any atom is 0.501 e. The molecule has 3 aliphatic carbocycles. The molecule has 2 aromatic carbocycles. The average molecular weight is 627 g/mol. The van der Waals surface area contributed by atoms with Gasteiger partial charge in [-0.1, -0.05) is 13.0 Å². The first-order valence-electron chi connectivity index (χ1n) is 14.4. The van der Waals surface area contributed by atoms with E-state index in [0.717, 1.165) is 62.8 Å². The third-order valence-electron chi connectivity index (χ3n) is 8.99. The highest BCUT2D eigenvalue weighted by atomic mass is 32.2. The first-order chi connectivity index (χ1) is 20.3. The second-order valence-electron chi connectivity index (χ2n) is 11.8. The number of sulfone groups is 1. The van der Waals surface area contributed by atoms with Crippen LogP contribution in [0.1, 0.15) is 62.2 Å². The van der Waals surface area contributed by atoms with Crippen molar-refractivity contribution in [3.8, 4) is 11.5 Å². The van der Waals surface area contributed by atoms with Gasteiger partial charge in [0.1, 0.15) is 5.75 Å². The zero-order valence-electron chi connectivity index (χ0n) is 23.7. The molecule has 0 spiro atoms. The van der Waals surface area contributed by atoms with E-state index in [4.69, 9.17) is 9.47 Å². The third kappa shape index (κ3) is 6.32. The molecule has 2 bridgehead atoms. The van der Waals surface area contributed by atoms with Crippen LogP contribution >= 0.6 is 0 Å². The van der Waals surface area contributed by atoms with E-state index in [1.807, 2.05) is 0 Å². The van der Waals surface area contributed by atoms with Gasteiger partial charge in [0, 0.05) is 17.8 Å². The van der Waals surface area contributed by atoms with Crippen LogP contribution in [-0.4, -0.2) is 45.0 Å². The highest BCUT2D eigenvalue weighted by Crippen LogP contribution is 2.49. The molecule has 0 unspecified atom stereocenters. The van der Waals surface area contributed by atoms with Crippen LogP contribution in [0.3, 0.4) is 0 Å². The van der Waals surface area contributed by atoms with Crippen molar-refractivity contribution < 1.29 is 45.0 Å². The number of halogens is 4. The number of alkyl halides is 3. The summed E-state index contributed by atoms with van der Waals surface area (Å²) in [6.07, 6.45) is 5.49. The summed E-state index contributed by atoms with van der Waals surface area (Å²) in [5.41, 5.74) is -5.55. The summed E-state index contributed by atoms with van der Waals surface area (Å²) in [5.74, 6) is -2.06. The SMILES string of the molecule is COc1cc(F)c(O[C@H]2CC[C@@H](C)CC2)cc1C(=O)N[C@@H]1[C@H]2CC[C@H](C2)[C@@H]1C(=O)Nc1cccc(S(=O)(=O)C(F)(F)F)c1. The Morgan fingerprint density at radius 2 is 1.65 bits per heavy atom. The topological polar surface area (TPSA) is 111 Å².